The summed E-state index contributed by atoms with van der Waals surface area (Å²) in [5.74, 6) is 0. The molecule has 0 unspecified atom stereocenters. The molecule has 2 rings (SSSR count). The summed E-state index contributed by atoms with van der Waals surface area (Å²) in [6.07, 6.45) is 1.53. The van der Waals surface area contributed by atoms with Crippen LogP contribution in [0.3, 0.4) is 0 Å². The van der Waals surface area contributed by atoms with Crippen LogP contribution in [0, 0.1) is 10.1 Å². The van der Waals surface area contributed by atoms with Crippen LogP contribution in [0.5, 0.6) is 0 Å². The zero-order valence-corrected chi connectivity index (χ0v) is 11.5. The fourth-order valence-electron chi connectivity index (χ4n) is 1.52. The molecule has 1 N–H and O–H groups in total. The molecule has 1 aromatic heterocycles. The molecule has 0 aliphatic rings. The highest BCUT2D eigenvalue weighted by Crippen LogP contribution is 2.38. The molecule has 0 fully saturated rings. The first-order valence-corrected chi connectivity index (χ1v) is 6.46. The van der Waals surface area contributed by atoms with Gasteiger partial charge in [0.05, 0.1) is 28.3 Å². The van der Waals surface area contributed by atoms with Crippen molar-refractivity contribution in [2.45, 2.75) is 16.7 Å². The smallest absolute Gasteiger partial charge is 0.301 e. The van der Waals surface area contributed by atoms with Gasteiger partial charge in [0.15, 0.2) is 5.16 Å². The van der Waals surface area contributed by atoms with Gasteiger partial charge in [-0.15, -0.1) is 0 Å². The number of benzene rings is 1. The lowest BCUT2D eigenvalue weighted by atomic mass is 10.3. The third-order valence-corrected chi connectivity index (χ3v) is 3.95. The second kappa shape index (κ2) is 5.60. The number of aromatic nitrogens is 2. The lowest BCUT2D eigenvalue weighted by Crippen LogP contribution is -1.98. The standard InChI is InChI=1S/C11H10ClN3O3S/c1-14-7(6-16)5-13-11(14)19-9-4-2-3-8(12)10(9)15(17)18/h2-5,16H,6H2,1H3. The number of halogens is 1. The van der Waals surface area contributed by atoms with E-state index in [1.54, 1.807) is 23.7 Å². The summed E-state index contributed by atoms with van der Waals surface area (Å²) in [5, 5.41) is 20.7. The van der Waals surface area contributed by atoms with Crippen LogP contribution in [0.25, 0.3) is 0 Å². The molecule has 0 saturated heterocycles. The van der Waals surface area contributed by atoms with Gasteiger partial charge in [0, 0.05) is 7.05 Å². The molecule has 1 heterocycles. The van der Waals surface area contributed by atoms with E-state index in [0.717, 1.165) is 11.8 Å². The molecule has 0 radical (unpaired) electrons. The maximum absolute atomic E-state index is 11.0. The molecule has 19 heavy (non-hydrogen) atoms. The normalized spacial score (nSPS) is 10.7. The molecule has 6 nitrogen and oxygen atoms in total. The fraction of sp³-hybridized carbons (Fsp3) is 0.182. The summed E-state index contributed by atoms with van der Waals surface area (Å²) in [5.41, 5.74) is 0.495. The van der Waals surface area contributed by atoms with Crippen LogP contribution in [0.1, 0.15) is 5.69 Å². The molecule has 0 amide bonds. The van der Waals surface area contributed by atoms with Crippen LogP contribution in [0.15, 0.2) is 34.4 Å². The molecule has 8 heteroatoms. The molecule has 100 valence electrons. The average molecular weight is 300 g/mol. The third kappa shape index (κ3) is 2.73. The monoisotopic (exact) mass is 299 g/mol. The number of imidazole rings is 1. The lowest BCUT2D eigenvalue weighted by molar-refractivity contribution is -0.387. The first-order chi connectivity index (χ1) is 9.04. The minimum Gasteiger partial charge on any atom is -0.390 e. The van der Waals surface area contributed by atoms with Crippen molar-refractivity contribution >= 4 is 29.1 Å². The fourth-order valence-corrected chi connectivity index (χ4v) is 2.80. The third-order valence-electron chi connectivity index (χ3n) is 2.54. The van der Waals surface area contributed by atoms with Gasteiger partial charge in [-0.25, -0.2) is 4.98 Å². The Bertz CT molecular complexity index is 630. The summed E-state index contributed by atoms with van der Waals surface area (Å²) in [4.78, 5) is 15.0. The second-order valence-electron chi connectivity index (χ2n) is 3.69. The summed E-state index contributed by atoms with van der Waals surface area (Å²) in [6.45, 7) is -0.137. The Kier molecular flexibility index (Phi) is 4.08. The summed E-state index contributed by atoms with van der Waals surface area (Å²) < 4.78 is 1.68. The van der Waals surface area contributed by atoms with Crippen LogP contribution < -0.4 is 0 Å². The van der Waals surface area contributed by atoms with E-state index in [2.05, 4.69) is 4.98 Å². The van der Waals surface area contributed by atoms with Gasteiger partial charge in [-0.1, -0.05) is 17.7 Å². The van der Waals surface area contributed by atoms with Gasteiger partial charge in [-0.3, -0.25) is 10.1 Å². The molecule has 0 aliphatic heterocycles. The Morgan fingerprint density at radius 3 is 2.89 bits per heavy atom. The van der Waals surface area contributed by atoms with Crippen molar-refractivity contribution in [2.75, 3.05) is 0 Å². The predicted molar refractivity (Wildman–Crippen MR) is 71.4 cm³/mol. The van der Waals surface area contributed by atoms with Crippen molar-refractivity contribution in [3.63, 3.8) is 0 Å². The van der Waals surface area contributed by atoms with E-state index in [1.807, 2.05) is 0 Å². The zero-order chi connectivity index (χ0) is 14.0. The van der Waals surface area contributed by atoms with E-state index in [4.69, 9.17) is 16.7 Å². The van der Waals surface area contributed by atoms with E-state index in [1.165, 1.54) is 12.3 Å². The molecular weight excluding hydrogens is 290 g/mol. The number of nitro groups is 1. The van der Waals surface area contributed by atoms with Crippen molar-refractivity contribution in [2.24, 2.45) is 7.05 Å². The SMILES string of the molecule is Cn1c(CO)cnc1Sc1cccc(Cl)c1[N+](=O)[O-]. The summed E-state index contributed by atoms with van der Waals surface area (Å²) in [7, 11) is 1.73. The van der Waals surface area contributed by atoms with E-state index in [-0.39, 0.29) is 17.3 Å². The van der Waals surface area contributed by atoms with Crippen molar-refractivity contribution in [3.8, 4) is 0 Å². The maximum Gasteiger partial charge on any atom is 0.301 e. The van der Waals surface area contributed by atoms with Crippen molar-refractivity contribution < 1.29 is 10.0 Å². The quantitative estimate of drug-likeness (QED) is 0.693. The topological polar surface area (TPSA) is 81.2 Å². The molecule has 0 bridgehead atoms. The highest BCUT2D eigenvalue weighted by atomic mass is 35.5. The van der Waals surface area contributed by atoms with Gasteiger partial charge in [0.2, 0.25) is 0 Å². The molecule has 0 spiro atoms. The van der Waals surface area contributed by atoms with Gasteiger partial charge in [-0.05, 0) is 23.9 Å². The number of hydrogen-bond donors (Lipinski definition) is 1. The van der Waals surface area contributed by atoms with E-state index < -0.39 is 4.92 Å². The summed E-state index contributed by atoms with van der Waals surface area (Å²) >= 11 is 6.97. The minimum absolute atomic E-state index is 0.0894. The molecule has 2 aromatic rings. The number of aliphatic hydroxyl groups excluding tert-OH is 1. The number of aliphatic hydroxyl groups is 1. The molecule has 1 aromatic carbocycles. The van der Waals surface area contributed by atoms with Gasteiger partial charge < -0.3 is 9.67 Å². The van der Waals surface area contributed by atoms with Crippen molar-refractivity contribution in [1.29, 1.82) is 0 Å². The second-order valence-corrected chi connectivity index (χ2v) is 5.11. The molecule has 0 aliphatic carbocycles. The van der Waals surface area contributed by atoms with Crippen molar-refractivity contribution in [1.82, 2.24) is 9.55 Å². The molecule has 0 saturated carbocycles. The Morgan fingerprint density at radius 1 is 1.58 bits per heavy atom. The van der Waals surface area contributed by atoms with Crippen LogP contribution in [-0.2, 0) is 13.7 Å². The number of rotatable bonds is 4. The highest BCUT2D eigenvalue weighted by molar-refractivity contribution is 7.99. The average Bonchev–Trinajstić information content (AvgIpc) is 2.70. The number of para-hydroxylation sites is 1. The molecular formula is C11H10ClN3O3S. The number of hydrogen-bond acceptors (Lipinski definition) is 5. The van der Waals surface area contributed by atoms with E-state index in [0.29, 0.717) is 15.7 Å². The first kappa shape index (κ1) is 13.9. The highest BCUT2D eigenvalue weighted by Gasteiger charge is 2.20. The van der Waals surface area contributed by atoms with Gasteiger partial charge >= 0.3 is 5.69 Å². The number of nitro benzene ring substituents is 1. The van der Waals surface area contributed by atoms with Gasteiger partial charge in [0.25, 0.3) is 0 Å². The Labute approximate surface area is 118 Å². The van der Waals surface area contributed by atoms with Gasteiger partial charge in [0.1, 0.15) is 5.02 Å². The first-order valence-electron chi connectivity index (χ1n) is 5.26. The van der Waals surface area contributed by atoms with Crippen LogP contribution >= 0.6 is 23.4 Å². The Balaban J connectivity index is 2.41. The largest absolute Gasteiger partial charge is 0.390 e. The maximum atomic E-state index is 11.0. The minimum atomic E-state index is -0.513. The van der Waals surface area contributed by atoms with E-state index >= 15 is 0 Å². The summed E-state index contributed by atoms with van der Waals surface area (Å²) in [6, 6.07) is 4.73. The zero-order valence-electron chi connectivity index (χ0n) is 9.91. The van der Waals surface area contributed by atoms with E-state index in [9.17, 15) is 10.1 Å². The van der Waals surface area contributed by atoms with Crippen LogP contribution in [-0.4, -0.2) is 19.6 Å². The lowest BCUT2D eigenvalue weighted by Gasteiger charge is -2.05. The number of nitrogens with zero attached hydrogens (tertiary/aromatic N) is 3. The predicted octanol–water partition coefficient (Wildman–Crippen LogP) is 2.63. The van der Waals surface area contributed by atoms with Crippen LogP contribution in [0.4, 0.5) is 5.69 Å². The van der Waals surface area contributed by atoms with Crippen LogP contribution in [0.2, 0.25) is 5.02 Å². The van der Waals surface area contributed by atoms with Crippen molar-refractivity contribution in [3.05, 3.63) is 45.2 Å². The Hall–Kier alpha value is -1.57. The Morgan fingerprint density at radius 2 is 2.32 bits per heavy atom. The molecule has 0 atom stereocenters. The van der Waals surface area contributed by atoms with Gasteiger partial charge in [-0.2, -0.15) is 0 Å².